The third-order valence-corrected chi connectivity index (χ3v) is 8.37. The average Bonchev–Trinajstić information content (AvgIpc) is 3.77. The zero-order valence-electron chi connectivity index (χ0n) is 23.0. The molecule has 43 heavy (non-hydrogen) atoms. The van der Waals surface area contributed by atoms with Gasteiger partial charge in [-0.2, -0.15) is 13.2 Å². The first-order valence-electron chi connectivity index (χ1n) is 14.0. The number of carbonyl (C=O) groups is 2. The van der Waals surface area contributed by atoms with Crippen LogP contribution in [0.15, 0.2) is 65.6 Å². The minimum atomic E-state index is -4.77. The first-order chi connectivity index (χ1) is 20.7. The number of amides is 2. The standard InChI is InChI=1S/C30H29ClF3N5O4/c31-26-24(36-27-23(30(32,33)34)16-21(17-39(26)27)20-7-13-43-18-20)29(41)38-9-6-22(19-4-2-1-3-5-19)25(38)28(40)35-8-10-37-11-14-42-15-12-37/h1-5,7,13,16-18,22,25H,6,8-12,14-15H2,(H,35,40). The van der Waals surface area contributed by atoms with E-state index in [1.807, 2.05) is 30.3 Å². The Balaban J connectivity index is 1.33. The lowest BCUT2D eigenvalue weighted by Gasteiger charge is -2.29. The molecule has 2 unspecified atom stereocenters. The number of rotatable bonds is 7. The molecule has 0 saturated carbocycles. The lowest BCUT2D eigenvalue weighted by Crippen LogP contribution is -2.50. The summed E-state index contributed by atoms with van der Waals surface area (Å²) in [7, 11) is 0. The molecule has 0 bridgehead atoms. The SMILES string of the molecule is O=C(NCCN1CCOCC1)C1C(c2ccccc2)CCN1C(=O)c1nc2c(C(F)(F)F)cc(-c3ccoc3)cn2c1Cl. The van der Waals surface area contributed by atoms with E-state index in [1.54, 1.807) is 0 Å². The van der Waals surface area contributed by atoms with E-state index in [0.29, 0.717) is 38.3 Å². The Morgan fingerprint density at radius 2 is 1.84 bits per heavy atom. The van der Waals surface area contributed by atoms with Gasteiger partial charge < -0.3 is 19.4 Å². The average molecular weight is 616 g/mol. The summed E-state index contributed by atoms with van der Waals surface area (Å²) in [5.41, 5.74) is -0.418. The van der Waals surface area contributed by atoms with Gasteiger partial charge in [-0.1, -0.05) is 41.9 Å². The van der Waals surface area contributed by atoms with Crippen molar-refractivity contribution in [1.82, 2.24) is 24.5 Å². The lowest BCUT2D eigenvalue weighted by molar-refractivity contribution is -0.136. The second-order valence-electron chi connectivity index (χ2n) is 10.6. The number of hydrogen-bond donors (Lipinski definition) is 1. The summed E-state index contributed by atoms with van der Waals surface area (Å²) < 4.78 is 54.0. The number of fused-ring (bicyclic) bond motifs is 1. The van der Waals surface area contributed by atoms with E-state index in [1.165, 1.54) is 29.7 Å². The van der Waals surface area contributed by atoms with Crippen LogP contribution in [0, 0.1) is 0 Å². The van der Waals surface area contributed by atoms with Crippen LogP contribution in [-0.2, 0) is 15.7 Å². The molecule has 226 valence electrons. The van der Waals surface area contributed by atoms with Crippen molar-refractivity contribution in [3.63, 3.8) is 0 Å². The Bertz CT molecular complexity index is 1600. The van der Waals surface area contributed by atoms with Gasteiger partial charge in [0.1, 0.15) is 11.2 Å². The molecule has 13 heteroatoms. The van der Waals surface area contributed by atoms with Gasteiger partial charge in [-0.25, -0.2) is 4.98 Å². The Morgan fingerprint density at radius 3 is 2.53 bits per heavy atom. The maximum Gasteiger partial charge on any atom is 0.420 e. The maximum absolute atomic E-state index is 14.2. The number of furan rings is 1. The van der Waals surface area contributed by atoms with Gasteiger partial charge in [0.15, 0.2) is 11.3 Å². The molecule has 0 aliphatic carbocycles. The molecule has 2 aliphatic rings. The zero-order valence-corrected chi connectivity index (χ0v) is 23.8. The molecule has 2 atom stereocenters. The second kappa shape index (κ2) is 12.0. The van der Waals surface area contributed by atoms with E-state index in [9.17, 15) is 22.8 Å². The topological polar surface area (TPSA) is 92.3 Å². The van der Waals surface area contributed by atoms with Crippen molar-refractivity contribution in [2.45, 2.75) is 24.6 Å². The van der Waals surface area contributed by atoms with Crippen molar-refractivity contribution in [3.05, 3.63) is 83.2 Å². The Kier molecular flexibility index (Phi) is 8.17. The number of nitrogens with zero attached hydrogens (tertiary/aromatic N) is 4. The van der Waals surface area contributed by atoms with Crippen molar-refractivity contribution >= 4 is 29.1 Å². The van der Waals surface area contributed by atoms with Gasteiger partial charge >= 0.3 is 6.18 Å². The van der Waals surface area contributed by atoms with E-state index in [0.717, 1.165) is 29.1 Å². The van der Waals surface area contributed by atoms with Crippen LogP contribution in [0.25, 0.3) is 16.8 Å². The number of benzene rings is 1. The first kappa shape index (κ1) is 29.2. The van der Waals surface area contributed by atoms with E-state index in [4.69, 9.17) is 20.8 Å². The molecule has 1 N–H and O–H groups in total. The fourth-order valence-corrected chi connectivity index (χ4v) is 6.10. The van der Waals surface area contributed by atoms with Crippen LogP contribution < -0.4 is 5.32 Å². The molecule has 2 amide bonds. The second-order valence-corrected chi connectivity index (χ2v) is 10.9. The molecule has 3 aromatic heterocycles. The van der Waals surface area contributed by atoms with Crippen LogP contribution in [0.2, 0.25) is 5.15 Å². The van der Waals surface area contributed by atoms with Crippen molar-refractivity contribution in [2.24, 2.45) is 0 Å². The Hall–Kier alpha value is -3.87. The number of ether oxygens (including phenoxy) is 1. The van der Waals surface area contributed by atoms with E-state index >= 15 is 0 Å². The van der Waals surface area contributed by atoms with E-state index in [2.05, 4.69) is 15.2 Å². The minimum absolute atomic E-state index is 0.190. The molecule has 4 aromatic rings. The largest absolute Gasteiger partial charge is 0.472 e. The molecule has 6 rings (SSSR count). The highest BCUT2D eigenvalue weighted by Crippen LogP contribution is 2.39. The fourth-order valence-electron chi connectivity index (χ4n) is 5.84. The highest BCUT2D eigenvalue weighted by molar-refractivity contribution is 6.33. The number of aromatic nitrogens is 2. The molecule has 2 aliphatic heterocycles. The third kappa shape index (κ3) is 5.86. The highest BCUT2D eigenvalue weighted by atomic mass is 35.5. The molecular formula is C30H29ClF3N5O4. The van der Waals surface area contributed by atoms with Crippen molar-refractivity contribution in [3.8, 4) is 11.1 Å². The molecule has 2 fully saturated rings. The minimum Gasteiger partial charge on any atom is -0.472 e. The van der Waals surface area contributed by atoms with Crippen LogP contribution in [0.5, 0.6) is 0 Å². The number of alkyl halides is 3. The number of likely N-dealkylation sites (tertiary alicyclic amines) is 1. The van der Waals surface area contributed by atoms with Crippen LogP contribution in [0.3, 0.4) is 0 Å². The van der Waals surface area contributed by atoms with Gasteiger partial charge in [0.25, 0.3) is 5.91 Å². The van der Waals surface area contributed by atoms with Gasteiger partial charge in [-0.3, -0.25) is 18.9 Å². The van der Waals surface area contributed by atoms with Crippen molar-refractivity contribution in [2.75, 3.05) is 45.9 Å². The number of halogens is 4. The quantitative estimate of drug-likeness (QED) is 0.324. The predicted octanol–water partition coefficient (Wildman–Crippen LogP) is 4.71. The fraction of sp³-hybridized carbons (Fsp3) is 0.367. The third-order valence-electron chi connectivity index (χ3n) is 8.01. The van der Waals surface area contributed by atoms with Crippen LogP contribution in [0.4, 0.5) is 13.2 Å². The van der Waals surface area contributed by atoms with Gasteiger partial charge in [0.05, 0.1) is 31.3 Å². The van der Waals surface area contributed by atoms with E-state index < -0.39 is 29.3 Å². The molecular weight excluding hydrogens is 587 g/mol. The molecule has 2 saturated heterocycles. The Labute approximate surface area is 250 Å². The van der Waals surface area contributed by atoms with Crippen LogP contribution >= 0.6 is 11.6 Å². The molecule has 0 radical (unpaired) electrons. The van der Waals surface area contributed by atoms with Gasteiger partial charge in [-0.15, -0.1) is 0 Å². The summed E-state index contributed by atoms with van der Waals surface area (Å²) in [6, 6.07) is 11.0. The summed E-state index contributed by atoms with van der Waals surface area (Å²) in [6.45, 7) is 4.01. The number of hydrogen-bond acceptors (Lipinski definition) is 6. The highest BCUT2D eigenvalue weighted by Gasteiger charge is 2.44. The number of imidazole rings is 1. The normalized spacial score (nSPS) is 19.7. The summed E-state index contributed by atoms with van der Waals surface area (Å²) in [5, 5.41) is 2.70. The summed E-state index contributed by atoms with van der Waals surface area (Å²) in [6.07, 6.45) is -0.242. The monoisotopic (exact) mass is 615 g/mol. The lowest BCUT2D eigenvalue weighted by atomic mass is 9.91. The molecule has 0 spiro atoms. The van der Waals surface area contributed by atoms with Crippen LogP contribution in [-0.4, -0.2) is 83.0 Å². The number of carbonyl (C=O) groups excluding carboxylic acids is 2. The van der Waals surface area contributed by atoms with Crippen LogP contribution in [0.1, 0.15) is 34.0 Å². The van der Waals surface area contributed by atoms with Gasteiger partial charge in [0, 0.05) is 56.0 Å². The van der Waals surface area contributed by atoms with Gasteiger partial charge in [0.2, 0.25) is 5.91 Å². The smallest absolute Gasteiger partial charge is 0.420 e. The van der Waals surface area contributed by atoms with E-state index in [-0.39, 0.29) is 34.8 Å². The Morgan fingerprint density at radius 1 is 1.07 bits per heavy atom. The van der Waals surface area contributed by atoms with Crippen molar-refractivity contribution in [1.29, 1.82) is 0 Å². The summed E-state index contributed by atoms with van der Waals surface area (Å²) in [4.78, 5) is 35.3. The molecule has 1 aromatic carbocycles. The first-order valence-corrected chi connectivity index (χ1v) is 14.4. The predicted molar refractivity (Wildman–Crippen MR) is 152 cm³/mol. The van der Waals surface area contributed by atoms with Crippen molar-refractivity contribution < 1.29 is 31.9 Å². The maximum atomic E-state index is 14.2. The molecule has 5 heterocycles. The number of nitrogens with one attached hydrogen (secondary N) is 1. The summed E-state index contributed by atoms with van der Waals surface area (Å²) >= 11 is 6.58. The number of morpholine rings is 1. The summed E-state index contributed by atoms with van der Waals surface area (Å²) in [5.74, 6) is -1.37. The zero-order chi connectivity index (χ0) is 30.1. The molecule has 9 nitrogen and oxygen atoms in total. The van der Waals surface area contributed by atoms with Gasteiger partial charge in [-0.05, 0) is 24.1 Å². The number of pyridine rings is 1.